The fourth-order valence-corrected chi connectivity index (χ4v) is 2.17. The molecule has 0 aliphatic carbocycles. The summed E-state index contributed by atoms with van der Waals surface area (Å²) in [6.07, 6.45) is 2.52. The fourth-order valence-electron chi connectivity index (χ4n) is 0.939. The van der Waals surface area contributed by atoms with Crippen LogP contribution in [0.25, 0.3) is 0 Å². The number of rotatable bonds is 2. The lowest BCUT2D eigenvalue weighted by Gasteiger charge is -2.00. The third-order valence-corrected chi connectivity index (χ3v) is 3.05. The number of aromatic nitrogens is 1. The molecule has 0 aliphatic rings. The monoisotopic (exact) mass is 222 g/mol. The van der Waals surface area contributed by atoms with Crippen LogP contribution in [0, 0.1) is 0 Å². The van der Waals surface area contributed by atoms with Gasteiger partial charge in [0.2, 0.25) is 10.0 Å². The highest BCUT2D eigenvalue weighted by Gasteiger charge is 2.13. The van der Waals surface area contributed by atoms with E-state index >= 15 is 0 Å². The Bertz CT molecular complexity index is 408. The summed E-state index contributed by atoms with van der Waals surface area (Å²) in [6, 6.07) is 1.33. The largest absolute Gasteiger partial charge is 0.324 e. The molecule has 0 saturated heterocycles. The Labute approximate surface area is 82.3 Å². The molecule has 0 saturated carbocycles. The maximum atomic E-state index is 11.1. The summed E-state index contributed by atoms with van der Waals surface area (Å²) in [5, 5.41) is 0.162. The molecule has 1 aromatic heterocycles. The van der Waals surface area contributed by atoms with Crippen molar-refractivity contribution in [1.29, 1.82) is 0 Å². The van der Waals surface area contributed by atoms with Gasteiger partial charge < -0.3 is 5.73 Å². The molecule has 0 fully saturated rings. The van der Waals surface area contributed by atoms with Crippen LogP contribution in [0.5, 0.6) is 0 Å². The van der Waals surface area contributed by atoms with E-state index in [1.165, 1.54) is 6.20 Å². The molecule has 0 radical (unpaired) electrons. The van der Waals surface area contributed by atoms with E-state index in [1.807, 2.05) is 0 Å². The van der Waals surface area contributed by atoms with Crippen molar-refractivity contribution in [2.24, 2.45) is 5.73 Å². The van der Waals surface area contributed by atoms with Gasteiger partial charge in [0.25, 0.3) is 0 Å². The van der Waals surface area contributed by atoms with Gasteiger partial charge in [0.1, 0.15) is 5.15 Å². The van der Waals surface area contributed by atoms with E-state index < -0.39 is 10.0 Å². The van der Waals surface area contributed by atoms with Crippen LogP contribution in [0.4, 0.5) is 0 Å². The van der Waals surface area contributed by atoms with Crippen LogP contribution in [0.1, 0.15) is 18.5 Å². The van der Waals surface area contributed by atoms with Crippen LogP contribution in [-0.4, -0.2) is 18.6 Å². The standard InChI is InChI=1S/C7H11ClN2O2S/c1-5(9)6-3-7(8)10(4-6)13(2,11)12/h3-5H,9H2,1-2H3. The first-order chi connectivity index (χ1) is 5.82. The summed E-state index contributed by atoms with van der Waals surface area (Å²) in [6.45, 7) is 1.76. The smallest absolute Gasteiger partial charge is 0.236 e. The van der Waals surface area contributed by atoms with Crippen molar-refractivity contribution < 1.29 is 8.42 Å². The Morgan fingerprint density at radius 1 is 1.62 bits per heavy atom. The predicted octanol–water partition coefficient (Wildman–Crippen LogP) is 0.969. The normalized spacial score (nSPS) is 14.5. The lowest BCUT2D eigenvalue weighted by Crippen LogP contribution is -2.09. The summed E-state index contributed by atoms with van der Waals surface area (Å²) in [5.41, 5.74) is 6.28. The van der Waals surface area contributed by atoms with Gasteiger partial charge in [-0.2, -0.15) is 0 Å². The SMILES string of the molecule is CC(N)c1cc(Cl)n(S(C)(=O)=O)c1. The summed E-state index contributed by atoms with van der Waals surface area (Å²) in [7, 11) is -3.32. The van der Waals surface area contributed by atoms with E-state index in [-0.39, 0.29) is 11.2 Å². The van der Waals surface area contributed by atoms with Crippen LogP contribution >= 0.6 is 11.6 Å². The first kappa shape index (κ1) is 10.6. The van der Waals surface area contributed by atoms with Crippen LogP contribution in [0.2, 0.25) is 5.15 Å². The molecule has 0 spiro atoms. The van der Waals surface area contributed by atoms with E-state index in [1.54, 1.807) is 13.0 Å². The molecule has 0 aromatic carbocycles. The quantitative estimate of drug-likeness (QED) is 0.811. The number of hydrogen-bond acceptors (Lipinski definition) is 3. The van der Waals surface area contributed by atoms with Crippen LogP contribution < -0.4 is 5.73 Å². The van der Waals surface area contributed by atoms with Gasteiger partial charge in [-0.05, 0) is 18.6 Å². The molecule has 2 N–H and O–H groups in total. The van der Waals surface area contributed by atoms with E-state index in [0.717, 1.165) is 10.2 Å². The molecule has 0 bridgehead atoms. The Hall–Kier alpha value is -0.520. The second-order valence-corrected chi connectivity index (χ2v) is 5.19. The van der Waals surface area contributed by atoms with E-state index in [4.69, 9.17) is 17.3 Å². The number of halogens is 1. The molecule has 6 heteroatoms. The minimum Gasteiger partial charge on any atom is -0.324 e. The first-order valence-electron chi connectivity index (χ1n) is 3.66. The Morgan fingerprint density at radius 3 is 2.38 bits per heavy atom. The van der Waals surface area contributed by atoms with Crippen LogP contribution in [-0.2, 0) is 10.0 Å². The number of hydrogen-bond donors (Lipinski definition) is 1. The van der Waals surface area contributed by atoms with Crippen molar-refractivity contribution in [1.82, 2.24) is 3.97 Å². The molecule has 13 heavy (non-hydrogen) atoms. The van der Waals surface area contributed by atoms with Gasteiger partial charge in [-0.15, -0.1) is 0 Å². The van der Waals surface area contributed by atoms with Crippen LogP contribution in [0.15, 0.2) is 12.3 Å². The van der Waals surface area contributed by atoms with Gasteiger partial charge in [0.05, 0.1) is 6.26 Å². The molecule has 0 aliphatic heterocycles. The Morgan fingerprint density at radius 2 is 2.15 bits per heavy atom. The Balaban J connectivity index is 3.27. The molecular weight excluding hydrogens is 212 g/mol. The van der Waals surface area contributed by atoms with Crippen molar-refractivity contribution in [2.45, 2.75) is 13.0 Å². The molecule has 4 nitrogen and oxygen atoms in total. The molecule has 1 unspecified atom stereocenters. The highest BCUT2D eigenvalue weighted by Crippen LogP contribution is 2.20. The molecule has 1 heterocycles. The minimum absolute atomic E-state index is 0.162. The van der Waals surface area contributed by atoms with Crippen molar-refractivity contribution >= 4 is 21.6 Å². The van der Waals surface area contributed by atoms with Crippen LogP contribution in [0.3, 0.4) is 0 Å². The molecule has 1 rings (SSSR count). The highest BCUT2D eigenvalue weighted by atomic mass is 35.5. The molecule has 1 atom stereocenters. The summed E-state index contributed by atoms with van der Waals surface area (Å²) in [4.78, 5) is 0. The van der Waals surface area contributed by atoms with E-state index in [9.17, 15) is 8.42 Å². The third-order valence-electron chi connectivity index (χ3n) is 1.65. The number of nitrogens with zero attached hydrogens (tertiary/aromatic N) is 1. The highest BCUT2D eigenvalue weighted by molar-refractivity contribution is 7.89. The van der Waals surface area contributed by atoms with Gasteiger partial charge in [0.15, 0.2) is 0 Å². The zero-order valence-corrected chi connectivity index (χ0v) is 8.93. The number of nitrogens with two attached hydrogens (primary N) is 1. The summed E-state index contributed by atoms with van der Waals surface area (Å²) in [5.74, 6) is 0. The van der Waals surface area contributed by atoms with Gasteiger partial charge in [0, 0.05) is 12.2 Å². The fraction of sp³-hybridized carbons (Fsp3) is 0.429. The van der Waals surface area contributed by atoms with Gasteiger partial charge in [-0.25, -0.2) is 12.4 Å². The second-order valence-electron chi connectivity index (χ2n) is 2.94. The maximum absolute atomic E-state index is 11.1. The van der Waals surface area contributed by atoms with Crippen molar-refractivity contribution in [3.8, 4) is 0 Å². The van der Waals surface area contributed by atoms with Gasteiger partial charge in [-0.1, -0.05) is 11.6 Å². The average Bonchev–Trinajstić information content (AvgIpc) is 2.29. The first-order valence-corrected chi connectivity index (χ1v) is 5.89. The maximum Gasteiger partial charge on any atom is 0.236 e. The molecule has 1 aromatic rings. The second kappa shape index (κ2) is 3.32. The van der Waals surface area contributed by atoms with Crippen molar-refractivity contribution in [3.63, 3.8) is 0 Å². The topological polar surface area (TPSA) is 65.1 Å². The lowest BCUT2D eigenvalue weighted by molar-refractivity contribution is 0.593. The zero-order valence-electron chi connectivity index (χ0n) is 7.36. The van der Waals surface area contributed by atoms with Crippen molar-refractivity contribution in [2.75, 3.05) is 6.26 Å². The lowest BCUT2D eigenvalue weighted by atomic mass is 10.2. The average molecular weight is 223 g/mol. The van der Waals surface area contributed by atoms with E-state index in [2.05, 4.69) is 0 Å². The van der Waals surface area contributed by atoms with E-state index in [0.29, 0.717) is 5.56 Å². The summed E-state index contributed by atoms with van der Waals surface area (Å²) >= 11 is 5.70. The van der Waals surface area contributed by atoms with Gasteiger partial charge in [-0.3, -0.25) is 0 Å². The van der Waals surface area contributed by atoms with Crippen molar-refractivity contribution in [3.05, 3.63) is 23.0 Å². The third kappa shape index (κ3) is 2.24. The summed E-state index contributed by atoms with van der Waals surface area (Å²) < 4.78 is 23.3. The Kier molecular flexibility index (Phi) is 2.70. The zero-order chi connectivity index (χ0) is 10.2. The predicted molar refractivity (Wildman–Crippen MR) is 52.3 cm³/mol. The molecule has 0 amide bonds. The van der Waals surface area contributed by atoms with Gasteiger partial charge >= 0.3 is 0 Å². The molecular formula is C7H11ClN2O2S. The minimum atomic E-state index is -3.32. The molecule has 74 valence electrons.